The molecule has 1 aromatic heterocycles. The molecule has 0 saturated carbocycles. The SMILES string of the molecule is CCOCCCN(CC(=O)N(Cc1ccc(F)cc1)Cc1ccco1)S(=O)(=O)c1c(C)cc(C)cc1C. The van der Waals surface area contributed by atoms with E-state index in [0.717, 1.165) is 11.1 Å². The van der Waals surface area contributed by atoms with Crippen molar-refractivity contribution in [3.63, 3.8) is 0 Å². The number of hydrogen-bond acceptors (Lipinski definition) is 5. The summed E-state index contributed by atoms with van der Waals surface area (Å²) in [6.45, 7) is 8.35. The second-order valence-electron chi connectivity index (χ2n) is 9.07. The van der Waals surface area contributed by atoms with Crippen molar-refractivity contribution in [2.24, 2.45) is 0 Å². The van der Waals surface area contributed by atoms with E-state index in [9.17, 15) is 17.6 Å². The molecule has 7 nitrogen and oxygen atoms in total. The Hall–Kier alpha value is -3.01. The fourth-order valence-electron chi connectivity index (χ4n) is 4.36. The molecule has 9 heteroatoms. The lowest BCUT2D eigenvalue weighted by Gasteiger charge is -2.28. The second kappa shape index (κ2) is 13.0. The van der Waals surface area contributed by atoms with E-state index < -0.39 is 10.0 Å². The van der Waals surface area contributed by atoms with E-state index >= 15 is 0 Å². The van der Waals surface area contributed by atoms with Gasteiger partial charge in [0.05, 0.1) is 24.2 Å². The van der Waals surface area contributed by atoms with Crippen molar-refractivity contribution < 1.29 is 26.8 Å². The van der Waals surface area contributed by atoms with Gasteiger partial charge in [-0.2, -0.15) is 4.31 Å². The summed E-state index contributed by atoms with van der Waals surface area (Å²) in [7, 11) is -3.98. The van der Waals surface area contributed by atoms with Crippen molar-refractivity contribution in [3.8, 4) is 0 Å². The third-order valence-electron chi connectivity index (χ3n) is 5.98. The topological polar surface area (TPSA) is 80.1 Å². The Morgan fingerprint density at radius 1 is 1.03 bits per heavy atom. The molecule has 3 rings (SSSR count). The summed E-state index contributed by atoms with van der Waals surface area (Å²) in [5.41, 5.74) is 2.96. The molecule has 2 aromatic carbocycles. The van der Waals surface area contributed by atoms with E-state index in [1.54, 1.807) is 38.1 Å². The maximum absolute atomic E-state index is 13.9. The Bertz CT molecular complexity index is 1250. The van der Waals surface area contributed by atoms with E-state index in [2.05, 4.69) is 0 Å². The fourth-order valence-corrected chi connectivity index (χ4v) is 6.20. The molecule has 0 bridgehead atoms. The van der Waals surface area contributed by atoms with E-state index in [1.165, 1.54) is 27.6 Å². The Labute approximate surface area is 218 Å². The molecule has 0 saturated heterocycles. The van der Waals surface area contributed by atoms with Gasteiger partial charge in [-0.1, -0.05) is 29.8 Å². The molecule has 0 atom stereocenters. The first-order valence-electron chi connectivity index (χ1n) is 12.3. The van der Waals surface area contributed by atoms with Gasteiger partial charge in [-0.25, -0.2) is 12.8 Å². The van der Waals surface area contributed by atoms with Crippen molar-refractivity contribution in [1.29, 1.82) is 0 Å². The Morgan fingerprint density at radius 2 is 1.70 bits per heavy atom. The Balaban J connectivity index is 1.91. The highest BCUT2D eigenvalue weighted by atomic mass is 32.2. The molecule has 0 fully saturated rings. The minimum atomic E-state index is -3.98. The first kappa shape index (κ1) is 28.6. The number of rotatable bonds is 13. The maximum Gasteiger partial charge on any atom is 0.244 e. The van der Waals surface area contributed by atoms with E-state index in [1.807, 2.05) is 26.0 Å². The van der Waals surface area contributed by atoms with Gasteiger partial charge in [0.25, 0.3) is 0 Å². The molecule has 200 valence electrons. The lowest BCUT2D eigenvalue weighted by atomic mass is 10.1. The minimum absolute atomic E-state index is 0.131. The zero-order valence-corrected chi connectivity index (χ0v) is 22.7. The van der Waals surface area contributed by atoms with E-state index in [-0.39, 0.29) is 42.8 Å². The first-order chi connectivity index (χ1) is 17.6. The number of nitrogens with zero attached hydrogens (tertiary/aromatic N) is 2. The first-order valence-corrected chi connectivity index (χ1v) is 13.8. The number of aryl methyl sites for hydroxylation is 3. The Morgan fingerprint density at radius 3 is 2.30 bits per heavy atom. The van der Waals surface area contributed by atoms with E-state index in [0.29, 0.717) is 36.5 Å². The zero-order chi connectivity index (χ0) is 27.0. The van der Waals surface area contributed by atoms with Crippen LogP contribution >= 0.6 is 0 Å². The molecular weight excluding hydrogens is 495 g/mol. The smallest absolute Gasteiger partial charge is 0.244 e. The van der Waals surface area contributed by atoms with Crippen LogP contribution < -0.4 is 0 Å². The van der Waals surface area contributed by atoms with Crippen LogP contribution in [0.25, 0.3) is 0 Å². The lowest BCUT2D eigenvalue weighted by Crippen LogP contribution is -2.43. The van der Waals surface area contributed by atoms with Crippen molar-refractivity contribution in [1.82, 2.24) is 9.21 Å². The summed E-state index contributed by atoms with van der Waals surface area (Å²) >= 11 is 0. The minimum Gasteiger partial charge on any atom is -0.467 e. The predicted octanol–water partition coefficient (Wildman–Crippen LogP) is 4.99. The van der Waals surface area contributed by atoms with Gasteiger partial charge in [0.15, 0.2) is 0 Å². The number of benzene rings is 2. The van der Waals surface area contributed by atoms with Crippen molar-refractivity contribution in [2.45, 2.75) is 52.1 Å². The predicted molar refractivity (Wildman–Crippen MR) is 140 cm³/mol. The number of carbonyl (C=O) groups is 1. The van der Waals surface area contributed by atoms with Crippen LogP contribution in [0.2, 0.25) is 0 Å². The third kappa shape index (κ3) is 7.74. The standard InChI is InChI=1S/C28H35FN2O5S/c1-5-35-14-7-13-31(37(33,34)28-22(3)16-21(2)17-23(28)4)20-27(32)30(19-26-8-6-15-36-26)18-24-9-11-25(29)12-10-24/h6,8-12,15-17H,5,7,13-14,18-20H2,1-4H3. The molecule has 1 heterocycles. The van der Waals surface area contributed by atoms with Crippen molar-refractivity contribution in [2.75, 3.05) is 26.3 Å². The van der Waals surface area contributed by atoms with Crippen molar-refractivity contribution >= 4 is 15.9 Å². The van der Waals surface area contributed by atoms with Crippen LogP contribution in [0.5, 0.6) is 0 Å². The van der Waals surface area contributed by atoms with Gasteiger partial charge in [0, 0.05) is 26.3 Å². The number of carbonyl (C=O) groups excluding carboxylic acids is 1. The highest BCUT2D eigenvalue weighted by Crippen LogP contribution is 2.26. The molecule has 0 unspecified atom stereocenters. The van der Waals surface area contributed by atoms with Crippen LogP contribution in [0, 0.1) is 26.6 Å². The second-order valence-corrected chi connectivity index (χ2v) is 10.9. The molecule has 0 N–H and O–H groups in total. The molecule has 0 aliphatic heterocycles. The summed E-state index contributed by atoms with van der Waals surface area (Å²) in [5, 5.41) is 0. The summed E-state index contributed by atoms with van der Waals surface area (Å²) < 4.78 is 53.3. The number of hydrogen-bond donors (Lipinski definition) is 0. The highest BCUT2D eigenvalue weighted by molar-refractivity contribution is 7.89. The average molecular weight is 531 g/mol. The molecule has 0 aliphatic rings. The summed E-state index contributed by atoms with van der Waals surface area (Å²) in [5.74, 6) is -0.197. The van der Waals surface area contributed by atoms with Gasteiger partial charge in [0.2, 0.25) is 15.9 Å². The Kier molecular flexibility index (Phi) is 10.0. The fraction of sp³-hybridized carbons (Fsp3) is 0.393. The van der Waals surface area contributed by atoms with Gasteiger partial charge >= 0.3 is 0 Å². The van der Waals surface area contributed by atoms with Crippen LogP contribution in [0.3, 0.4) is 0 Å². The number of sulfonamides is 1. The molecule has 37 heavy (non-hydrogen) atoms. The number of amides is 1. The van der Waals surface area contributed by atoms with Crippen LogP contribution in [0.4, 0.5) is 4.39 Å². The van der Waals surface area contributed by atoms with Gasteiger partial charge in [-0.15, -0.1) is 0 Å². The largest absolute Gasteiger partial charge is 0.467 e. The monoisotopic (exact) mass is 530 g/mol. The summed E-state index contributed by atoms with van der Waals surface area (Å²) in [6.07, 6.45) is 1.96. The van der Waals surface area contributed by atoms with Gasteiger partial charge < -0.3 is 14.1 Å². The molecular formula is C28H35FN2O5S. The summed E-state index contributed by atoms with van der Waals surface area (Å²) in [4.78, 5) is 15.4. The van der Waals surface area contributed by atoms with Crippen LogP contribution in [-0.4, -0.2) is 49.8 Å². The molecule has 0 radical (unpaired) electrons. The van der Waals surface area contributed by atoms with Crippen molar-refractivity contribution in [3.05, 3.63) is 88.6 Å². The highest BCUT2D eigenvalue weighted by Gasteiger charge is 2.31. The van der Waals surface area contributed by atoms with Gasteiger partial charge in [0.1, 0.15) is 11.6 Å². The molecule has 1 amide bonds. The normalized spacial score (nSPS) is 11.7. The third-order valence-corrected chi connectivity index (χ3v) is 8.13. The molecule has 3 aromatic rings. The van der Waals surface area contributed by atoms with E-state index in [4.69, 9.17) is 9.15 Å². The number of halogens is 1. The maximum atomic E-state index is 13.9. The van der Waals surface area contributed by atoms with Gasteiger partial charge in [-0.05, 0) is 75.1 Å². The van der Waals surface area contributed by atoms with Crippen LogP contribution in [0.1, 0.15) is 41.4 Å². The van der Waals surface area contributed by atoms with Gasteiger partial charge in [-0.3, -0.25) is 4.79 Å². The summed E-state index contributed by atoms with van der Waals surface area (Å²) in [6, 6.07) is 13.0. The quantitative estimate of drug-likeness (QED) is 0.291. The lowest BCUT2D eigenvalue weighted by molar-refractivity contribution is -0.133. The average Bonchev–Trinajstić information content (AvgIpc) is 3.34. The van der Waals surface area contributed by atoms with Crippen LogP contribution in [-0.2, 0) is 32.6 Å². The van der Waals surface area contributed by atoms with Crippen LogP contribution in [0.15, 0.2) is 64.1 Å². The molecule has 0 aliphatic carbocycles. The number of ether oxygens (including phenoxy) is 1. The number of furan rings is 1. The zero-order valence-electron chi connectivity index (χ0n) is 21.9. The molecule has 0 spiro atoms.